The number of nitrogens with one attached hydrogen (secondary N) is 1. The molecule has 1 atom stereocenters. The lowest BCUT2D eigenvalue weighted by atomic mass is 9.82. The molecule has 0 aliphatic carbocycles. The van der Waals surface area contributed by atoms with Gasteiger partial charge in [0.05, 0.1) is 17.7 Å². The van der Waals surface area contributed by atoms with Crippen LogP contribution in [-0.2, 0) is 20.9 Å². The number of hydrogen-bond donors (Lipinski definition) is 1. The molecule has 8 nitrogen and oxygen atoms in total. The molecule has 2 saturated heterocycles. The molecule has 8 heteroatoms. The fourth-order valence-corrected chi connectivity index (χ4v) is 4.87. The van der Waals surface area contributed by atoms with Crippen LogP contribution in [0.1, 0.15) is 60.1 Å². The molecule has 1 aromatic carbocycles. The molecule has 3 aliphatic heterocycles. The van der Waals surface area contributed by atoms with Crippen molar-refractivity contribution >= 4 is 17.8 Å². The van der Waals surface area contributed by atoms with E-state index in [1.807, 2.05) is 36.5 Å². The highest BCUT2D eigenvalue weighted by Crippen LogP contribution is 2.40. The molecular formula is C27H31N3O5. The van der Waals surface area contributed by atoms with Crippen LogP contribution in [0.5, 0.6) is 5.75 Å². The molecule has 3 aliphatic rings. The summed E-state index contributed by atoms with van der Waals surface area (Å²) in [5.41, 5.74) is 4.34. The number of carbonyl (C=O) groups is 2. The maximum absolute atomic E-state index is 13.1. The number of ketones is 1. The van der Waals surface area contributed by atoms with Crippen molar-refractivity contribution in [2.45, 2.75) is 57.0 Å². The molecule has 35 heavy (non-hydrogen) atoms. The zero-order chi connectivity index (χ0) is 24.1. The third-order valence-corrected chi connectivity index (χ3v) is 6.85. The van der Waals surface area contributed by atoms with Crippen molar-refractivity contribution in [3.8, 4) is 5.75 Å². The first kappa shape index (κ1) is 23.7. The topological polar surface area (TPSA) is 90.0 Å². The molecule has 0 bridgehead atoms. The van der Waals surface area contributed by atoms with Gasteiger partial charge in [-0.2, -0.15) is 0 Å². The van der Waals surface area contributed by atoms with Crippen molar-refractivity contribution in [2.75, 3.05) is 19.7 Å². The maximum atomic E-state index is 13.1. The van der Waals surface area contributed by atoms with Gasteiger partial charge in [-0.3, -0.25) is 19.5 Å². The fraction of sp³-hybridized carbons (Fsp3) is 0.444. The number of rotatable bonds is 6. The molecule has 1 amide bonds. The Labute approximate surface area is 205 Å². The molecule has 5 rings (SSSR count). The summed E-state index contributed by atoms with van der Waals surface area (Å²) in [5, 5.41) is 0. The highest BCUT2D eigenvalue weighted by Gasteiger charge is 2.42. The lowest BCUT2D eigenvalue weighted by Gasteiger charge is -2.44. The summed E-state index contributed by atoms with van der Waals surface area (Å²) in [6.07, 6.45) is 9.25. The van der Waals surface area contributed by atoms with Crippen LogP contribution in [0.15, 0.2) is 48.7 Å². The highest BCUT2D eigenvalue weighted by molar-refractivity contribution is 6.01. The van der Waals surface area contributed by atoms with E-state index in [2.05, 4.69) is 15.4 Å². The molecule has 1 N–H and O–H groups in total. The minimum atomic E-state index is -0.444. The van der Waals surface area contributed by atoms with Crippen molar-refractivity contribution in [1.82, 2.24) is 15.4 Å². The van der Waals surface area contributed by atoms with Crippen molar-refractivity contribution in [1.29, 1.82) is 0 Å². The van der Waals surface area contributed by atoms with Gasteiger partial charge >= 0.3 is 0 Å². The van der Waals surface area contributed by atoms with Gasteiger partial charge in [0.1, 0.15) is 11.4 Å². The number of benzene rings is 1. The minimum absolute atomic E-state index is 0.0851. The van der Waals surface area contributed by atoms with Crippen molar-refractivity contribution < 1.29 is 23.9 Å². The summed E-state index contributed by atoms with van der Waals surface area (Å²) in [5.74, 6) is 0.330. The zero-order valence-electron chi connectivity index (χ0n) is 19.8. The Bertz CT molecular complexity index is 1070. The standard InChI is InChI=1S/C27H31N3O5/c31-23-18-27(11-14-30(15-12-27)19-21-5-1-3-13-28-21)34-24-9-7-20(17-22(23)24)8-10-25(32)29-35-26-6-2-4-16-33-26/h1,3,5,7-10,13,17,26H,2,4,6,11-12,14-16,18-19H2,(H,29,32)/b10-8+. The van der Waals surface area contributed by atoms with Gasteiger partial charge in [-0.1, -0.05) is 12.1 Å². The van der Waals surface area contributed by atoms with Gasteiger partial charge in [0.15, 0.2) is 12.1 Å². The summed E-state index contributed by atoms with van der Waals surface area (Å²) in [4.78, 5) is 37.2. The molecule has 2 fully saturated rings. The largest absolute Gasteiger partial charge is 0.486 e. The first-order valence-corrected chi connectivity index (χ1v) is 12.3. The van der Waals surface area contributed by atoms with Crippen LogP contribution in [-0.4, -0.2) is 53.2 Å². The number of nitrogens with zero attached hydrogens (tertiary/aromatic N) is 2. The Morgan fingerprint density at radius 3 is 2.89 bits per heavy atom. The lowest BCUT2D eigenvalue weighted by Crippen LogP contribution is -2.50. The van der Waals surface area contributed by atoms with Crippen LogP contribution in [0.25, 0.3) is 6.08 Å². The van der Waals surface area contributed by atoms with Crippen LogP contribution in [0.2, 0.25) is 0 Å². The van der Waals surface area contributed by atoms with Gasteiger partial charge in [-0.05, 0) is 48.7 Å². The van der Waals surface area contributed by atoms with Gasteiger partial charge in [0, 0.05) is 57.8 Å². The van der Waals surface area contributed by atoms with E-state index in [1.165, 1.54) is 6.08 Å². The number of amides is 1. The number of likely N-dealkylation sites (tertiary alicyclic amines) is 1. The summed E-state index contributed by atoms with van der Waals surface area (Å²) in [7, 11) is 0. The van der Waals surface area contributed by atoms with E-state index < -0.39 is 11.9 Å². The zero-order valence-corrected chi connectivity index (χ0v) is 19.8. The average Bonchev–Trinajstić information content (AvgIpc) is 2.89. The molecule has 2 aromatic rings. The third-order valence-electron chi connectivity index (χ3n) is 6.85. The highest BCUT2D eigenvalue weighted by atomic mass is 16.8. The van der Waals surface area contributed by atoms with Crippen molar-refractivity contribution in [3.63, 3.8) is 0 Å². The monoisotopic (exact) mass is 477 g/mol. The SMILES string of the molecule is O=C(/C=C/c1ccc2c(c1)C(=O)CC1(CCN(Cc3ccccn3)CC1)O2)NOC1CCCCO1. The Kier molecular flexibility index (Phi) is 7.22. The Hall–Kier alpha value is -3.07. The van der Waals surface area contributed by atoms with Gasteiger partial charge in [-0.15, -0.1) is 0 Å². The summed E-state index contributed by atoms with van der Waals surface area (Å²) >= 11 is 0. The molecular weight excluding hydrogens is 446 g/mol. The third kappa shape index (κ3) is 5.96. The first-order chi connectivity index (χ1) is 17.1. The predicted molar refractivity (Wildman–Crippen MR) is 129 cm³/mol. The van der Waals surface area contributed by atoms with Crippen LogP contribution >= 0.6 is 0 Å². The second-order valence-electron chi connectivity index (χ2n) is 9.45. The average molecular weight is 478 g/mol. The molecule has 0 radical (unpaired) electrons. The van der Waals surface area contributed by atoms with E-state index in [9.17, 15) is 9.59 Å². The number of hydrogen-bond acceptors (Lipinski definition) is 7. The van der Waals surface area contributed by atoms with Gasteiger partial charge < -0.3 is 9.47 Å². The lowest BCUT2D eigenvalue weighted by molar-refractivity contribution is -0.198. The number of Topliss-reactive ketones (excluding diaryl/α,β-unsaturated/α-hetero) is 1. The minimum Gasteiger partial charge on any atom is -0.486 e. The number of ether oxygens (including phenoxy) is 2. The second-order valence-corrected chi connectivity index (χ2v) is 9.45. The molecule has 0 saturated carbocycles. The summed E-state index contributed by atoms with van der Waals surface area (Å²) in [6.45, 7) is 3.18. The van der Waals surface area contributed by atoms with Crippen molar-refractivity contribution in [2.24, 2.45) is 0 Å². The van der Waals surface area contributed by atoms with E-state index in [4.69, 9.17) is 14.3 Å². The first-order valence-electron chi connectivity index (χ1n) is 12.3. The fourth-order valence-electron chi connectivity index (χ4n) is 4.87. The van der Waals surface area contributed by atoms with Crippen LogP contribution in [0, 0.1) is 0 Å². The van der Waals surface area contributed by atoms with Gasteiger partial charge in [0.2, 0.25) is 0 Å². The predicted octanol–water partition coefficient (Wildman–Crippen LogP) is 3.67. The molecule has 184 valence electrons. The Balaban J connectivity index is 1.16. The smallest absolute Gasteiger partial charge is 0.267 e. The molecule has 1 spiro atoms. The number of fused-ring (bicyclic) bond motifs is 1. The summed E-state index contributed by atoms with van der Waals surface area (Å²) < 4.78 is 11.8. The van der Waals surface area contributed by atoms with Gasteiger partial charge in [-0.25, -0.2) is 10.3 Å². The quantitative estimate of drug-likeness (QED) is 0.502. The molecule has 4 heterocycles. The number of carbonyl (C=O) groups excluding carboxylic acids is 2. The number of aromatic nitrogens is 1. The van der Waals surface area contributed by atoms with Crippen LogP contribution in [0.3, 0.4) is 0 Å². The van der Waals surface area contributed by atoms with E-state index in [-0.39, 0.29) is 11.7 Å². The number of piperidine rings is 1. The normalized spacial score (nSPS) is 22.1. The van der Waals surface area contributed by atoms with E-state index in [1.54, 1.807) is 12.1 Å². The van der Waals surface area contributed by atoms with Crippen molar-refractivity contribution in [3.05, 3.63) is 65.5 Å². The molecule has 1 unspecified atom stereocenters. The van der Waals surface area contributed by atoms with E-state index in [0.717, 1.165) is 63.0 Å². The number of hydroxylamine groups is 1. The van der Waals surface area contributed by atoms with E-state index in [0.29, 0.717) is 24.3 Å². The Morgan fingerprint density at radius 2 is 2.11 bits per heavy atom. The molecule has 1 aromatic heterocycles. The Morgan fingerprint density at radius 1 is 1.23 bits per heavy atom. The van der Waals surface area contributed by atoms with E-state index >= 15 is 0 Å². The summed E-state index contributed by atoms with van der Waals surface area (Å²) in [6, 6.07) is 11.4. The maximum Gasteiger partial charge on any atom is 0.267 e. The second kappa shape index (κ2) is 10.7. The van der Waals surface area contributed by atoms with Gasteiger partial charge in [0.25, 0.3) is 5.91 Å². The number of pyridine rings is 1. The van der Waals surface area contributed by atoms with Crippen LogP contribution in [0.4, 0.5) is 0 Å². The van der Waals surface area contributed by atoms with Crippen LogP contribution < -0.4 is 10.2 Å².